The number of para-hydroxylation sites is 1. The molecule has 1 heterocycles. The second-order valence-electron chi connectivity index (χ2n) is 6.97. The molecule has 1 fully saturated rings. The summed E-state index contributed by atoms with van der Waals surface area (Å²) in [7, 11) is 0. The van der Waals surface area contributed by atoms with E-state index in [2.05, 4.69) is 5.32 Å². The fraction of sp³-hybridized carbons (Fsp3) is 0.364. The zero-order valence-corrected chi connectivity index (χ0v) is 16.3. The van der Waals surface area contributed by atoms with E-state index in [9.17, 15) is 9.59 Å². The number of benzene rings is 2. The molecule has 28 heavy (non-hydrogen) atoms. The van der Waals surface area contributed by atoms with Crippen molar-refractivity contribution in [1.82, 2.24) is 4.90 Å². The second kappa shape index (κ2) is 9.37. The molecule has 1 aliphatic rings. The van der Waals surface area contributed by atoms with Gasteiger partial charge in [-0.3, -0.25) is 4.79 Å². The minimum Gasteiger partial charge on any atom is -0.328 e. The van der Waals surface area contributed by atoms with E-state index < -0.39 is 0 Å². The van der Waals surface area contributed by atoms with E-state index in [-0.39, 0.29) is 18.0 Å². The van der Waals surface area contributed by atoms with E-state index in [1.807, 2.05) is 42.2 Å². The molecule has 3 rings (SSSR count). The number of carbonyl (C=O) groups excluding carboxylic acids is 2. The standard InChI is InChI=1S/C22H28N4O2/c1-2-25(19-8-4-3-5-9-19)21(27)17-11-13-18(14-12-17)24-22(28)26-15-7-6-10-20(26)16-23/h3-5,8-9,11-14,20H,2,6-7,10,15-16,23H2,1H3,(H,24,28). The summed E-state index contributed by atoms with van der Waals surface area (Å²) in [5.74, 6) is -0.0641. The van der Waals surface area contributed by atoms with E-state index in [1.165, 1.54) is 0 Å². The number of rotatable bonds is 5. The van der Waals surface area contributed by atoms with Gasteiger partial charge < -0.3 is 20.9 Å². The molecule has 2 aromatic carbocycles. The Balaban J connectivity index is 1.67. The van der Waals surface area contributed by atoms with Crippen molar-refractivity contribution in [3.8, 4) is 0 Å². The predicted molar refractivity (Wildman–Crippen MR) is 113 cm³/mol. The summed E-state index contributed by atoms with van der Waals surface area (Å²) in [6, 6.07) is 16.6. The highest BCUT2D eigenvalue weighted by Gasteiger charge is 2.25. The predicted octanol–water partition coefficient (Wildman–Crippen LogP) is 3.70. The Bertz CT molecular complexity index is 792. The number of carbonyl (C=O) groups is 2. The molecular formula is C22H28N4O2. The summed E-state index contributed by atoms with van der Waals surface area (Å²) in [6.07, 6.45) is 3.06. The number of urea groups is 1. The minimum atomic E-state index is -0.131. The van der Waals surface area contributed by atoms with E-state index in [0.717, 1.165) is 31.5 Å². The van der Waals surface area contributed by atoms with Crippen LogP contribution in [0.15, 0.2) is 54.6 Å². The van der Waals surface area contributed by atoms with E-state index in [1.54, 1.807) is 29.2 Å². The highest BCUT2D eigenvalue weighted by atomic mass is 16.2. The Morgan fingerprint density at radius 3 is 2.46 bits per heavy atom. The molecule has 0 spiro atoms. The molecule has 6 heteroatoms. The van der Waals surface area contributed by atoms with Gasteiger partial charge in [0.1, 0.15) is 0 Å². The van der Waals surface area contributed by atoms with Crippen LogP contribution in [0.5, 0.6) is 0 Å². The molecular weight excluding hydrogens is 352 g/mol. The average Bonchev–Trinajstić information content (AvgIpc) is 2.75. The van der Waals surface area contributed by atoms with Gasteiger partial charge in [0.25, 0.3) is 5.91 Å². The molecule has 2 aromatic rings. The third-order valence-corrected chi connectivity index (χ3v) is 5.17. The summed E-state index contributed by atoms with van der Waals surface area (Å²) < 4.78 is 0. The zero-order chi connectivity index (χ0) is 19.9. The van der Waals surface area contributed by atoms with Gasteiger partial charge in [-0.05, 0) is 62.6 Å². The Hall–Kier alpha value is -2.86. The molecule has 0 saturated carbocycles. The summed E-state index contributed by atoms with van der Waals surface area (Å²) in [6.45, 7) is 3.74. The number of piperidine rings is 1. The van der Waals surface area contributed by atoms with Crippen molar-refractivity contribution < 1.29 is 9.59 Å². The first-order valence-corrected chi connectivity index (χ1v) is 9.88. The molecule has 0 aromatic heterocycles. The number of hydrogen-bond donors (Lipinski definition) is 2. The van der Waals surface area contributed by atoms with Gasteiger partial charge in [-0.25, -0.2) is 4.79 Å². The number of nitrogens with zero attached hydrogens (tertiary/aromatic N) is 2. The highest BCUT2D eigenvalue weighted by molar-refractivity contribution is 6.06. The summed E-state index contributed by atoms with van der Waals surface area (Å²) in [5, 5.41) is 2.92. The fourth-order valence-corrected chi connectivity index (χ4v) is 3.61. The van der Waals surface area contributed by atoms with Gasteiger partial charge >= 0.3 is 6.03 Å². The monoisotopic (exact) mass is 380 g/mol. The fourth-order valence-electron chi connectivity index (χ4n) is 3.61. The highest BCUT2D eigenvalue weighted by Crippen LogP contribution is 2.20. The van der Waals surface area contributed by atoms with Gasteiger partial charge in [0.2, 0.25) is 0 Å². The van der Waals surface area contributed by atoms with Crippen LogP contribution in [-0.4, -0.2) is 42.5 Å². The van der Waals surface area contributed by atoms with Crippen LogP contribution in [-0.2, 0) is 0 Å². The Kier molecular flexibility index (Phi) is 6.66. The van der Waals surface area contributed by atoms with Crippen LogP contribution < -0.4 is 16.0 Å². The van der Waals surface area contributed by atoms with Crippen molar-refractivity contribution in [2.24, 2.45) is 5.73 Å². The SMILES string of the molecule is CCN(C(=O)c1ccc(NC(=O)N2CCCCC2CN)cc1)c1ccccc1. The number of likely N-dealkylation sites (tertiary alicyclic amines) is 1. The van der Waals surface area contributed by atoms with E-state index in [0.29, 0.717) is 24.3 Å². The maximum Gasteiger partial charge on any atom is 0.322 e. The third kappa shape index (κ3) is 4.51. The molecule has 0 bridgehead atoms. The zero-order valence-electron chi connectivity index (χ0n) is 16.3. The summed E-state index contributed by atoms with van der Waals surface area (Å²) in [4.78, 5) is 29.0. The lowest BCUT2D eigenvalue weighted by molar-refractivity contribution is 0.0988. The largest absolute Gasteiger partial charge is 0.328 e. The molecule has 3 amide bonds. The van der Waals surface area contributed by atoms with Crippen LogP contribution in [0.25, 0.3) is 0 Å². The number of nitrogens with two attached hydrogens (primary N) is 1. The maximum atomic E-state index is 12.9. The average molecular weight is 380 g/mol. The normalized spacial score (nSPS) is 16.5. The lowest BCUT2D eigenvalue weighted by Gasteiger charge is -2.34. The van der Waals surface area contributed by atoms with Crippen LogP contribution in [0.4, 0.5) is 16.2 Å². The first-order valence-electron chi connectivity index (χ1n) is 9.88. The van der Waals surface area contributed by atoms with Crippen LogP contribution in [0.1, 0.15) is 36.5 Å². The van der Waals surface area contributed by atoms with Gasteiger partial charge in [-0.15, -0.1) is 0 Å². The quantitative estimate of drug-likeness (QED) is 0.830. The number of hydrogen-bond acceptors (Lipinski definition) is 3. The number of amides is 3. The first kappa shape index (κ1) is 19.9. The second-order valence-corrected chi connectivity index (χ2v) is 6.97. The van der Waals surface area contributed by atoms with Gasteiger partial charge in [0.05, 0.1) is 0 Å². The lowest BCUT2D eigenvalue weighted by atomic mass is 10.0. The summed E-state index contributed by atoms with van der Waals surface area (Å²) >= 11 is 0. The van der Waals surface area contributed by atoms with E-state index >= 15 is 0 Å². The van der Waals surface area contributed by atoms with Crippen molar-refractivity contribution in [3.63, 3.8) is 0 Å². The van der Waals surface area contributed by atoms with Crippen molar-refractivity contribution >= 4 is 23.3 Å². The lowest BCUT2D eigenvalue weighted by Crippen LogP contribution is -2.49. The Morgan fingerprint density at radius 1 is 1.11 bits per heavy atom. The number of nitrogens with one attached hydrogen (secondary N) is 1. The van der Waals surface area contributed by atoms with Gasteiger partial charge in [-0.2, -0.15) is 0 Å². The Morgan fingerprint density at radius 2 is 1.82 bits per heavy atom. The van der Waals surface area contributed by atoms with Gasteiger partial charge in [-0.1, -0.05) is 18.2 Å². The minimum absolute atomic E-state index is 0.0641. The molecule has 1 aliphatic heterocycles. The van der Waals surface area contributed by atoms with Crippen LogP contribution in [0.3, 0.4) is 0 Å². The smallest absolute Gasteiger partial charge is 0.322 e. The molecule has 1 unspecified atom stereocenters. The topological polar surface area (TPSA) is 78.7 Å². The third-order valence-electron chi connectivity index (χ3n) is 5.17. The van der Waals surface area contributed by atoms with Crippen LogP contribution in [0.2, 0.25) is 0 Å². The van der Waals surface area contributed by atoms with Crippen LogP contribution in [0, 0.1) is 0 Å². The van der Waals surface area contributed by atoms with Gasteiger partial charge in [0, 0.05) is 42.6 Å². The Labute approximate surface area is 166 Å². The van der Waals surface area contributed by atoms with Crippen molar-refractivity contribution in [1.29, 1.82) is 0 Å². The van der Waals surface area contributed by atoms with Crippen LogP contribution >= 0.6 is 0 Å². The maximum absolute atomic E-state index is 12.9. The molecule has 6 nitrogen and oxygen atoms in total. The first-order chi connectivity index (χ1) is 13.6. The molecule has 0 radical (unpaired) electrons. The van der Waals surface area contributed by atoms with Gasteiger partial charge in [0.15, 0.2) is 0 Å². The molecule has 148 valence electrons. The van der Waals surface area contributed by atoms with Crippen molar-refractivity contribution in [2.75, 3.05) is 29.9 Å². The van der Waals surface area contributed by atoms with Crippen molar-refractivity contribution in [2.45, 2.75) is 32.2 Å². The number of anilines is 2. The molecule has 3 N–H and O–H groups in total. The van der Waals surface area contributed by atoms with E-state index in [4.69, 9.17) is 5.73 Å². The van der Waals surface area contributed by atoms with Crippen molar-refractivity contribution in [3.05, 3.63) is 60.2 Å². The molecule has 1 saturated heterocycles. The molecule has 1 atom stereocenters. The molecule has 0 aliphatic carbocycles. The summed E-state index contributed by atoms with van der Waals surface area (Å²) in [5.41, 5.74) is 7.93.